The van der Waals surface area contributed by atoms with Crippen LogP contribution >= 0.6 is 0 Å². The van der Waals surface area contributed by atoms with Crippen LogP contribution in [-0.2, 0) is 14.3 Å². The number of nitrogens with two attached hydrogens (primary N) is 1. The number of ether oxygens (including phenoxy) is 2. The van der Waals surface area contributed by atoms with Crippen molar-refractivity contribution in [2.75, 3.05) is 23.8 Å². The zero-order valence-electron chi connectivity index (χ0n) is 15.2. The van der Waals surface area contributed by atoms with E-state index in [1.54, 1.807) is 0 Å². The maximum atomic E-state index is 12.2. The second-order valence-electron chi connectivity index (χ2n) is 6.28. The van der Waals surface area contributed by atoms with Gasteiger partial charge in [-0.25, -0.2) is 4.79 Å². The predicted octanol–water partition coefficient (Wildman–Crippen LogP) is 2.46. The number of anilines is 2. The Morgan fingerprint density at radius 3 is 2.15 bits per heavy atom. The predicted molar refractivity (Wildman–Crippen MR) is 102 cm³/mol. The van der Waals surface area contributed by atoms with Gasteiger partial charge in [-0.1, -0.05) is 18.2 Å². The van der Waals surface area contributed by atoms with Crippen molar-refractivity contribution >= 4 is 23.1 Å². The van der Waals surface area contributed by atoms with Crippen LogP contribution in [0, 0.1) is 13.8 Å². The molecule has 1 heterocycles. The maximum Gasteiger partial charge on any atom is 0.344 e. The molecule has 0 atom stereocenters. The van der Waals surface area contributed by atoms with Crippen LogP contribution < -0.4 is 21.1 Å². The highest BCUT2D eigenvalue weighted by Gasteiger charge is 2.20. The summed E-state index contributed by atoms with van der Waals surface area (Å²) < 4.78 is 10.4. The third-order valence-corrected chi connectivity index (χ3v) is 3.93. The zero-order chi connectivity index (χ0) is 19.4. The number of carbonyl (C=O) groups excluding carboxylic acids is 2. The number of benzene rings is 2. The molecule has 2 aromatic rings. The summed E-state index contributed by atoms with van der Waals surface area (Å²) >= 11 is 0. The molecule has 0 amide bonds. The summed E-state index contributed by atoms with van der Waals surface area (Å²) in [4.78, 5) is 24.0. The number of fused-ring (bicyclic) bond motifs is 1. The molecule has 1 aliphatic rings. The average molecular weight is 367 g/mol. The van der Waals surface area contributed by atoms with Crippen molar-refractivity contribution < 1.29 is 19.1 Å². The van der Waals surface area contributed by atoms with Crippen LogP contribution in [0.2, 0.25) is 0 Å². The van der Waals surface area contributed by atoms with Crippen molar-refractivity contribution in [1.82, 2.24) is 0 Å². The smallest absolute Gasteiger partial charge is 0.344 e. The quantitative estimate of drug-likeness (QED) is 0.532. The lowest BCUT2D eigenvalue weighted by molar-refractivity contribution is -0.149. The van der Waals surface area contributed by atoms with E-state index in [9.17, 15) is 9.59 Å². The number of carbonyl (C=O) groups is 2. The number of esters is 1. The van der Waals surface area contributed by atoms with Gasteiger partial charge in [0.15, 0.2) is 13.2 Å². The molecule has 4 N–H and O–H groups in total. The average Bonchev–Trinajstić information content (AvgIpc) is 3.07. The molecule has 0 aromatic heterocycles. The third-order valence-electron chi connectivity index (χ3n) is 3.93. The molecule has 0 fully saturated rings. The topological polar surface area (TPSA) is 103 Å². The fourth-order valence-corrected chi connectivity index (χ4v) is 2.70. The SMILES string of the molecule is Cc1cc(C)cc(OCC(=O)OCC(=O)C(N)=C2Nc3ccccc3N2)c1. The second-order valence-corrected chi connectivity index (χ2v) is 6.28. The van der Waals surface area contributed by atoms with E-state index in [1.165, 1.54) is 0 Å². The Balaban J connectivity index is 1.50. The number of hydrogen-bond donors (Lipinski definition) is 3. The molecule has 0 saturated heterocycles. The normalized spacial score (nSPS) is 11.9. The summed E-state index contributed by atoms with van der Waals surface area (Å²) in [5.41, 5.74) is 9.54. The molecule has 0 spiro atoms. The number of para-hydroxylation sites is 2. The number of ketones is 1. The highest BCUT2D eigenvalue weighted by molar-refractivity contribution is 5.99. The van der Waals surface area contributed by atoms with Gasteiger partial charge in [-0.2, -0.15) is 0 Å². The molecule has 7 heteroatoms. The Hall–Kier alpha value is -3.48. The third kappa shape index (κ3) is 4.58. The fourth-order valence-electron chi connectivity index (χ4n) is 2.70. The Labute approximate surface area is 157 Å². The van der Waals surface area contributed by atoms with Crippen LogP contribution in [0.15, 0.2) is 54.0 Å². The van der Waals surface area contributed by atoms with Gasteiger partial charge in [0.25, 0.3) is 0 Å². The largest absolute Gasteiger partial charge is 0.482 e. The Morgan fingerprint density at radius 2 is 1.56 bits per heavy atom. The summed E-state index contributed by atoms with van der Waals surface area (Å²) in [5, 5.41) is 6.03. The van der Waals surface area contributed by atoms with Crippen LogP contribution in [0.3, 0.4) is 0 Å². The highest BCUT2D eigenvalue weighted by Crippen LogP contribution is 2.30. The van der Waals surface area contributed by atoms with Gasteiger partial charge in [0.05, 0.1) is 11.4 Å². The zero-order valence-corrected chi connectivity index (χ0v) is 15.2. The Kier molecular flexibility index (Phi) is 5.30. The van der Waals surface area contributed by atoms with Crippen molar-refractivity contribution in [3.05, 3.63) is 65.1 Å². The molecule has 1 aliphatic heterocycles. The van der Waals surface area contributed by atoms with Crippen LogP contribution in [-0.4, -0.2) is 25.0 Å². The van der Waals surface area contributed by atoms with Crippen molar-refractivity contribution in [2.24, 2.45) is 5.73 Å². The molecular formula is C20H21N3O4. The summed E-state index contributed by atoms with van der Waals surface area (Å²) in [7, 11) is 0. The summed E-state index contributed by atoms with van der Waals surface area (Å²) in [6, 6.07) is 13.1. The molecule has 0 aliphatic carbocycles. The molecule has 3 rings (SSSR count). The first-order chi connectivity index (χ1) is 12.9. The van der Waals surface area contributed by atoms with Crippen LogP contribution in [0.25, 0.3) is 0 Å². The Morgan fingerprint density at radius 1 is 0.963 bits per heavy atom. The number of Topliss-reactive ketones (excluding diaryl/α,β-unsaturated/α-hetero) is 1. The van der Waals surface area contributed by atoms with Crippen molar-refractivity contribution in [3.8, 4) is 5.75 Å². The minimum atomic E-state index is -0.643. The highest BCUT2D eigenvalue weighted by atomic mass is 16.6. The van der Waals surface area contributed by atoms with E-state index in [4.69, 9.17) is 15.2 Å². The van der Waals surface area contributed by atoms with Gasteiger partial charge in [-0.05, 0) is 49.2 Å². The maximum absolute atomic E-state index is 12.2. The van der Waals surface area contributed by atoms with E-state index in [2.05, 4.69) is 10.6 Å². The van der Waals surface area contributed by atoms with E-state index in [0.29, 0.717) is 11.6 Å². The van der Waals surface area contributed by atoms with E-state index >= 15 is 0 Å². The lowest BCUT2D eigenvalue weighted by Crippen LogP contribution is -2.25. The van der Waals surface area contributed by atoms with Gasteiger partial charge < -0.3 is 25.8 Å². The minimum absolute atomic E-state index is 0.0331. The first-order valence-electron chi connectivity index (χ1n) is 8.45. The molecule has 0 radical (unpaired) electrons. The van der Waals surface area contributed by atoms with Gasteiger partial charge in [0.2, 0.25) is 5.78 Å². The number of aryl methyl sites for hydroxylation is 2. The number of hydrogen-bond acceptors (Lipinski definition) is 7. The van der Waals surface area contributed by atoms with Crippen molar-refractivity contribution in [1.29, 1.82) is 0 Å². The fraction of sp³-hybridized carbons (Fsp3) is 0.200. The van der Waals surface area contributed by atoms with E-state index in [0.717, 1.165) is 22.5 Å². The summed E-state index contributed by atoms with van der Waals surface area (Å²) in [6.45, 7) is 3.14. The lowest BCUT2D eigenvalue weighted by Gasteiger charge is -2.09. The molecule has 0 saturated carbocycles. The van der Waals surface area contributed by atoms with Crippen molar-refractivity contribution in [3.63, 3.8) is 0 Å². The molecular weight excluding hydrogens is 346 g/mol. The summed E-state index contributed by atoms with van der Waals surface area (Å²) in [5.74, 6) is -0.188. The number of rotatable bonds is 6. The van der Waals surface area contributed by atoms with Gasteiger partial charge >= 0.3 is 5.97 Å². The molecule has 7 nitrogen and oxygen atoms in total. The van der Waals surface area contributed by atoms with Gasteiger partial charge in [-0.3, -0.25) is 4.79 Å². The van der Waals surface area contributed by atoms with E-state index < -0.39 is 18.4 Å². The van der Waals surface area contributed by atoms with Gasteiger partial charge in [-0.15, -0.1) is 0 Å². The molecule has 27 heavy (non-hydrogen) atoms. The Bertz CT molecular complexity index is 874. The first kappa shape index (κ1) is 18.3. The van der Waals surface area contributed by atoms with Crippen LogP contribution in [0.4, 0.5) is 11.4 Å². The second kappa shape index (κ2) is 7.82. The monoisotopic (exact) mass is 367 g/mol. The standard InChI is InChI=1S/C20H21N3O4/c1-12-7-13(2)9-14(8-12)26-11-18(25)27-10-17(24)19(21)20-22-15-5-3-4-6-16(15)23-20/h3-9,22-23H,10-11,21H2,1-2H3. The van der Waals surface area contributed by atoms with E-state index in [1.807, 2.05) is 56.3 Å². The molecule has 2 aromatic carbocycles. The van der Waals surface area contributed by atoms with Crippen LogP contribution in [0.5, 0.6) is 5.75 Å². The number of nitrogens with one attached hydrogen (secondary N) is 2. The van der Waals surface area contributed by atoms with Crippen LogP contribution in [0.1, 0.15) is 11.1 Å². The lowest BCUT2D eigenvalue weighted by atomic mass is 10.1. The van der Waals surface area contributed by atoms with Gasteiger partial charge in [0, 0.05) is 0 Å². The molecule has 140 valence electrons. The molecule has 0 bridgehead atoms. The van der Waals surface area contributed by atoms with E-state index in [-0.39, 0.29) is 12.3 Å². The minimum Gasteiger partial charge on any atom is -0.482 e. The van der Waals surface area contributed by atoms with Crippen molar-refractivity contribution in [2.45, 2.75) is 13.8 Å². The first-order valence-corrected chi connectivity index (χ1v) is 8.45. The molecule has 0 unspecified atom stereocenters. The summed E-state index contributed by atoms with van der Waals surface area (Å²) in [6.07, 6.45) is 0. The van der Waals surface area contributed by atoms with Gasteiger partial charge in [0.1, 0.15) is 17.3 Å².